The first-order valence-corrected chi connectivity index (χ1v) is 11.3. The van der Waals surface area contributed by atoms with Crippen molar-refractivity contribution < 1.29 is 13.2 Å². The number of piperidine rings is 1. The van der Waals surface area contributed by atoms with Gasteiger partial charge in [0.25, 0.3) is 0 Å². The summed E-state index contributed by atoms with van der Waals surface area (Å²) in [5.74, 6) is 0.267. The quantitative estimate of drug-likeness (QED) is 0.881. The number of amides is 1. The third-order valence-electron chi connectivity index (χ3n) is 4.83. The molecule has 6 nitrogen and oxygen atoms in total. The van der Waals surface area contributed by atoms with Gasteiger partial charge in [0, 0.05) is 31.3 Å². The third-order valence-corrected chi connectivity index (χ3v) is 7.04. The lowest BCUT2D eigenvalue weighted by Gasteiger charge is -2.31. The summed E-state index contributed by atoms with van der Waals surface area (Å²) >= 11 is 1.51. The molecule has 2 aliphatic rings. The van der Waals surface area contributed by atoms with Gasteiger partial charge in [-0.2, -0.15) is 0 Å². The minimum Gasteiger partial charge on any atom is -0.353 e. The Morgan fingerprint density at radius 2 is 1.96 bits per heavy atom. The zero-order chi connectivity index (χ0) is 17.6. The molecule has 2 heterocycles. The summed E-state index contributed by atoms with van der Waals surface area (Å²) in [6.07, 6.45) is 5.06. The predicted octanol–water partition coefficient (Wildman–Crippen LogP) is 2.19. The van der Waals surface area contributed by atoms with E-state index >= 15 is 0 Å². The molecule has 2 aromatic rings. The van der Waals surface area contributed by atoms with E-state index in [4.69, 9.17) is 0 Å². The standard InChI is InChI=1S/C17H21N3O3S2/c1-25(22,23)14-4-2-3-13-15(14)19-17(24-13)20-9-7-11(8-10-20)16(21)18-12-5-6-12/h2-4,11-12H,5-10H2,1H3,(H,18,21). The SMILES string of the molecule is CS(=O)(=O)c1cccc2sc(N3CCC(C(=O)NC4CC4)CC3)nc12. The highest BCUT2D eigenvalue weighted by molar-refractivity contribution is 7.91. The molecule has 0 spiro atoms. The molecule has 1 aromatic carbocycles. The van der Waals surface area contributed by atoms with E-state index in [0.717, 1.165) is 48.6 Å². The van der Waals surface area contributed by atoms with E-state index in [1.807, 2.05) is 6.07 Å². The van der Waals surface area contributed by atoms with Crippen molar-refractivity contribution in [2.24, 2.45) is 5.92 Å². The molecule has 4 rings (SSSR count). The minimum absolute atomic E-state index is 0.0813. The smallest absolute Gasteiger partial charge is 0.223 e. The molecule has 134 valence electrons. The van der Waals surface area contributed by atoms with Crippen molar-refractivity contribution in [1.82, 2.24) is 10.3 Å². The summed E-state index contributed by atoms with van der Waals surface area (Å²) < 4.78 is 24.8. The first-order valence-electron chi connectivity index (χ1n) is 8.57. The van der Waals surface area contributed by atoms with Gasteiger partial charge in [-0.25, -0.2) is 13.4 Å². The van der Waals surface area contributed by atoms with Crippen LogP contribution in [0.1, 0.15) is 25.7 Å². The Labute approximate surface area is 151 Å². The van der Waals surface area contributed by atoms with Crippen LogP contribution in [0.5, 0.6) is 0 Å². The van der Waals surface area contributed by atoms with E-state index in [2.05, 4.69) is 15.2 Å². The number of hydrogen-bond acceptors (Lipinski definition) is 6. The highest BCUT2D eigenvalue weighted by Gasteiger charge is 2.30. The van der Waals surface area contributed by atoms with Gasteiger partial charge < -0.3 is 10.2 Å². The van der Waals surface area contributed by atoms with Crippen LogP contribution in [0.4, 0.5) is 5.13 Å². The van der Waals surface area contributed by atoms with Crippen LogP contribution in [-0.4, -0.2) is 44.7 Å². The Bertz CT molecular complexity index is 910. The summed E-state index contributed by atoms with van der Waals surface area (Å²) in [7, 11) is -3.30. The fourth-order valence-electron chi connectivity index (χ4n) is 3.23. The number of carbonyl (C=O) groups excluding carboxylic acids is 1. The number of benzene rings is 1. The third kappa shape index (κ3) is 3.50. The second-order valence-corrected chi connectivity index (χ2v) is 9.91. The molecular weight excluding hydrogens is 358 g/mol. The monoisotopic (exact) mass is 379 g/mol. The molecule has 0 radical (unpaired) electrons. The van der Waals surface area contributed by atoms with Gasteiger partial charge in [-0.3, -0.25) is 4.79 Å². The number of nitrogens with zero attached hydrogens (tertiary/aromatic N) is 2. The molecule has 1 saturated carbocycles. The van der Waals surface area contributed by atoms with E-state index in [0.29, 0.717) is 11.6 Å². The van der Waals surface area contributed by atoms with Crippen LogP contribution in [0.3, 0.4) is 0 Å². The Hall–Kier alpha value is -1.67. The van der Waals surface area contributed by atoms with E-state index in [1.54, 1.807) is 12.1 Å². The molecule has 0 unspecified atom stereocenters. The first kappa shape index (κ1) is 16.8. The van der Waals surface area contributed by atoms with Gasteiger partial charge in [-0.15, -0.1) is 0 Å². The Kier molecular flexibility index (Phi) is 4.19. The van der Waals surface area contributed by atoms with Crippen molar-refractivity contribution in [1.29, 1.82) is 0 Å². The van der Waals surface area contributed by atoms with Crippen LogP contribution in [0.25, 0.3) is 10.2 Å². The van der Waals surface area contributed by atoms with Crippen LogP contribution < -0.4 is 10.2 Å². The number of anilines is 1. The average Bonchev–Trinajstić information content (AvgIpc) is 3.28. The summed E-state index contributed by atoms with van der Waals surface area (Å²) in [6, 6.07) is 5.68. The van der Waals surface area contributed by atoms with E-state index in [1.165, 1.54) is 17.6 Å². The summed E-state index contributed by atoms with van der Waals surface area (Å²) in [5.41, 5.74) is 0.554. The molecule has 1 saturated heterocycles. The molecule has 1 aromatic heterocycles. The second-order valence-electron chi connectivity index (χ2n) is 6.92. The Morgan fingerprint density at radius 3 is 2.60 bits per heavy atom. The van der Waals surface area contributed by atoms with Gasteiger partial charge in [-0.1, -0.05) is 17.4 Å². The van der Waals surface area contributed by atoms with Crippen molar-refractivity contribution in [3.8, 4) is 0 Å². The van der Waals surface area contributed by atoms with Crippen molar-refractivity contribution >= 4 is 42.4 Å². The van der Waals surface area contributed by atoms with E-state index in [9.17, 15) is 13.2 Å². The van der Waals surface area contributed by atoms with Gasteiger partial charge in [0.2, 0.25) is 5.91 Å². The van der Waals surface area contributed by atoms with Crippen LogP contribution in [0, 0.1) is 5.92 Å². The number of fused-ring (bicyclic) bond motifs is 1. The number of para-hydroxylation sites is 1. The van der Waals surface area contributed by atoms with Crippen molar-refractivity contribution in [3.05, 3.63) is 18.2 Å². The van der Waals surface area contributed by atoms with Crippen LogP contribution >= 0.6 is 11.3 Å². The molecule has 25 heavy (non-hydrogen) atoms. The number of aromatic nitrogens is 1. The number of hydrogen-bond donors (Lipinski definition) is 1. The lowest BCUT2D eigenvalue weighted by atomic mass is 9.96. The molecule has 0 bridgehead atoms. The summed E-state index contributed by atoms with van der Waals surface area (Å²) in [5, 5.41) is 3.93. The number of thiazole rings is 1. The maximum absolute atomic E-state index is 12.2. The van der Waals surface area contributed by atoms with Gasteiger partial charge in [0.1, 0.15) is 5.52 Å². The fraction of sp³-hybridized carbons (Fsp3) is 0.529. The van der Waals surface area contributed by atoms with Gasteiger partial charge >= 0.3 is 0 Å². The zero-order valence-electron chi connectivity index (χ0n) is 14.1. The van der Waals surface area contributed by atoms with Crippen LogP contribution in [0.2, 0.25) is 0 Å². The summed E-state index contributed by atoms with van der Waals surface area (Å²) in [4.78, 5) is 19.2. The molecule has 1 aliphatic heterocycles. The van der Waals surface area contributed by atoms with E-state index < -0.39 is 9.84 Å². The first-order chi connectivity index (χ1) is 11.9. The van der Waals surface area contributed by atoms with Gasteiger partial charge in [0.05, 0.1) is 9.60 Å². The largest absolute Gasteiger partial charge is 0.353 e. The number of carbonyl (C=O) groups is 1. The van der Waals surface area contributed by atoms with Gasteiger partial charge in [-0.05, 0) is 37.8 Å². The minimum atomic E-state index is -3.30. The Balaban J connectivity index is 1.50. The van der Waals surface area contributed by atoms with Crippen molar-refractivity contribution in [2.45, 2.75) is 36.6 Å². The zero-order valence-corrected chi connectivity index (χ0v) is 15.7. The normalized spacial score (nSPS) is 19.3. The molecular formula is C17H21N3O3S2. The predicted molar refractivity (Wildman–Crippen MR) is 98.8 cm³/mol. The maximum Gasteiger partial charge on any atom is 0.223 e. The van der Waals surface area contributed by atoms with Crippen LogP contribution in [-0.2, 0) is 14.6 Å². The maximum atomic E-state index is 12.2. The molecule has 2 fully saturated rings. The Morgan fingerprint density at radius 1 is 1.24 bits per heavy atom. The lowest BCUT2D eigenvalue weighted by Crippen LogP contribution is -2.41. The molecule has 1 N–H and O–H groups in total. The number of nitrogens with one attached hydrogen (secondary N) is 1. The molecule has 1 aliphatic carbocycles. The van der Waals surface area contributed by atoms with E-state index in [-0.39, 0.29) is 16.7 Å². The molecule has 1 amide bonds. The fourth-order valence-corrected chi connectivity index (χ4v) is 5.17. The average molecular weight is 380 g/mol. The van der Waals surface area contributed by atoms with Crippen molar-refractivity contribution in [2.75, 3.05) is 24.2 Å². The highest BCUT2D eigenvalue weighted by atomic mass is 32.2. The van der Waals surface area contributed by atoms with Gasteiger partial charge in [0.15, 0.2) is 15.0 Å². The number of rotatable bonds is 4. The second kappa shape index (κ2) is 6.25. The van der Waals surface area contributed by atoms with Crippen LogP contribution in [0.15, 0.2) is 23.1 Å². The van der Waals surface area contributed by atoms with Crippen molar-refractivity contribution in [3.63, 3.8) is 0 Å². The topological polar surface area (TPSA) is 79.4 Å². The summed E-state index contributed by atoms with van der Waals surface area (Å²) in [6.45, 7) is 1.55. The number of sulfone groups is 1. The molecule has 8 heteroatoms. The molecule has 0 atom stereocenters. The lowest BCUT2D eigenvalue weighted by molar-refractivity contribution is -0.125. The highest BCUT2D eigenvalue weighted by Crippen LogP contribution is 2.34.